The third-order valence-corrected chi connectivity index (χ3v) is 8.60. The van der Waals surface area contributed by atoms with Gasteiger partial charge in [-0.05, 0) is 45.5 Å². The summed E-state index contributed by atoms with van der Waals surface area (Å²) in [5.74, 6) is 0. The maximum absolute atomic E-state index is 3.06. The van der Waals surface area contributed by atoms with Gasteiger partial charge in [-0.1, -0.05) is 122 Å². The van der Waals surface area contributed by atoms with E-state index < -0.39 is 0 Å². The Hall–Kier alpha value is -3.84. The van der Waals surface area contributed by atoms with Crippen LogP contribution in [0.4, 0.5) is 0 Å². The van der Waals surface area contributed by atoms with Gasteiger partial charge >= 0.3 is 30.2 Å². The van der Waals surface area contributed by atoms with Crippen molar-refractivity contribution in [3.63, 3.8) is 0 Å². The van der Waals surface area contributed by atoms with E-state index in [1.807, 2.05) is 0 Å². The molecule has 0 unspecified atom stereocenters. The molecule has 0 spiro atoms. The second-order valence-corrected chi connectivity index (χ2v) is 11.1. The van der Waals surface area contributed by atoms with Gasteiger partial charge in [-0.25, -0.2) is 0 Å². The second kappa shape index (κ2) is 18.6. The maximum atomic E-state index is 3.06. The first kappa shape index (κ1) is 40.3. The molecule has 0 aromatic heterocycles. The van der Waals surface area contributed by atoms with E-state index in [2.05, 4.69) is 166 Å². The molecule has 2 radical (unpaired) electrons. The van der Waals surface area contributed by atoms with Crippen LogP contribution in [-0.4, -0.2) is 6.88 Å². The zero-order chi connectivity index (χ0) is 30.5. The predicted octanol–water partition coefficient (Wildman–Crippen LogP) is 13.3. The van der Waals surface area contributed by atoms with Crippen LogP contribution < -0.4 is 0 Å². The molecule has 0 nitrogen and oxygen atoms in total. The van der Waals surface area contributed by atoms with E-state index in [1.54, 1.807) is 0 Å². The Labute approximate surface area is 306 Å². The predicted molar refractivity (Wildman–Crippen MR) is 215 cm³/mol. The summed E-state index contributed by atoms with van der Waals surface area (Å²) in [7, 11) is 0. The van der Waals surface area contributed by atoms with Gasteiger partial charge < -0.3 is 29.7 Å². The van der Waals surface area contributed by atoms with Crippen LogP contribution in [0.25, 0.3) is 65.3 Å². The summed E-state index contributed by atoms with van der Waals surface area (Å²) in [6, 6.07) is 52.9. The van der Waals surface area contributed by atoms with Crippen LogP contribution in [-0.2, 0) is 36.2 Å². The van der Waals surface area contributed by atoms with Crippen molar-refractivity contribution in [1.29, 1.82) is 0 Å². The first-order chi connectivity index (χ1) is 21.7. The fourth-order valence-corrected chi connectivity index (χ4v) is 6.39. The molecule has 0 heterocycles. The van der Waals surface area contributed by atoms with Gasteiger partial charge in [-0.2, -0.15) is 12.1 Å². The van der Waals surface area contributed by atoms with Gasteiger partial charge in [0.2, 0.25) is 0 Å². The zero-order valence-corrected chi connectivity index (χ0v) is 32.7. The number of rotatable bonds is 4. The number of aryl methyl sites for hydroxylation is 2. The summed E-state index contributed by atoms with van der Waals surface area (Å²) >= 11 is 1.36. The summed E-state index contributed by atoms with van der Waals surface area (Å²) < 4.78 is 0. The van der Waals surface area contributed by atoms with E-state index >= 15 is 0 Å². The molecule has 0 fully saturated rings. The van der Waals surface area contributed by atoms with Gasteiger partial charge in [0, 0.05) is 0 Å². The molecule has 2 heteroatoms. The van der Waals surface area contributed by atoms with Crippen molar-refractivity contribution in [3.05, 3.63) is 186 Å². The Morgan fingerprint density at radius 3 is 1.10 bits per heavy atom. The molecule has 0 bridgehead atoms. The van der Waals surface area contributed by atoms with Gasteiger partial charge in [-0.3, -0.25) is 0 Å². The van der Waals surface area contributed by atoms with E-state index in [9.17, 15) is 0 Å². The number of hydrogen-bond donors (Lipinski definition) is 0. The van der Waals surface area contributed by atoms with Crippen LogP contribution in [0, 0.1) is 29.7 Å². The van der Waals surface area contributed by atoms with Crippen molar-refractivity contribution in [3.8, 4) is 22.3 Å². The Kier molecular flexibility index (Phi) is 15.7. The van der Waals surface area contributed by atoms with Gasteiger partial charge in [-0.15, -0.1) is 69.1 Å². The fourth-order valence-electron chi connectivity index (χ4n) is 6.39. The molecule has 8 rings (SSSR count). The number of benzene rings is 6. The van der Waals surface area contributed by atoms with Crippen molar-refractivity contribution in [2.45, 2.75) is 26.7 Å². The molecule has 8 aromatic rings. The van der Waals surface area contributed by atoms with Crippen molar-refractivity contribution < 1.29 is 23.3 Å². The molecule has 0 saturated heterocycles. The topological polar surface area (TPSA) is 0 Å². The van der Waals surface area contributed by atoms with Crippen LogP contribution >= 0.6 is 0 Å². The van der Waals surface area contributed by atoms with E-state index in [0.717, 1.165) is 12.8 Å². The normalized spacial score (nSPS) is 9.94. The van der Waals surface area contributed by atoms with Gasteiger partial charge in [0.05, 0.1) is 0 Å². The van der Waals surface area contributed by atoms with E-state index in [0.29, 0.717) is 0 Å². The zero-order valence-electron chi connectivity index (χ0n) is 29.3. The SMILES string of the molecule is CCc1cc2c(-c3cccc4ccccc34)cccc2[cH-]1.CCc1cc2c(-c3cccc4ccccc34)cccc2[cH-]1.[CH3-].[CH3-].[CH3-].[CH3-].[Si]=[Zr]. The summed E-state index contributed by atoms with van der Waals surface area (Å²) in [4.78, 5) is 0. The van der Waals surface area contributed by atoms with Crippen molar-refractivity contribution in [2.75, 3.05) is 0 Å². The van der Waals surface area contributed by atoms with Crippen LogP contribution in [0.2, 0.25) is 0 Å². The molecule has 0 N–H and O–H groups in total. The molecule has 0 saturated carbocycles. The molecular weight excluding hydrogens is 672 g/mol. The number of hydrogen-bond acceptors (Lipinski definition) is 0. The molecular formula is C46H46SiZr-6. The van der Waals surface area contributed by atoms with Crippen LogP contribution in [0.1, 0.15) is 25.0 Å². The second-order valence-electron chi connectivity index (χ2n) is 11.1. The molecule has 0 amide bonds. The van der Waals surface area contributed by atoms with Crippen LogP contribution in [0.3, 0.4) is 0 Å². The van der Waals surface area contributed by atoms with Crippen molar-refractivity contribution in [1.82, 2.24) is 0 Å². The van der Waals surface area contributed by atoms with Gasteiger partial charge in [0.25, 0.3) is 0 Å². The quantitative estimate of drug-likeness (QED) is 0.126. The van der Waals surface area contributed by atoms with Crippen molar-refractivity contribution >= 4 is 50.0 Å². The Bertz CT molecular complexity index is 2030. The number of fused-ring (bicyclic) bond motifs is 4. The first-order valence-corrected chi connectivity index (χ1v) is 19.5. The monoisotopic (exact) mass is 716 g/mol. The molecule has 0 aliphatic heterocycles. The average Bonchev–Trinajstić information content (AvgIpc) is 3.73. The minimum absolute atomic E-state index is 0. The third kappa shape index (κ3) is 8.06. The molecule has 244 valence electrons. The minimum atomic E-state index is 0. The summed E-state index contributed by atoms with van der Waals surface area (Å²) in [5, 5.41) is 10.7. The van der Waals surface area contributed by atoms with E-state index in [4.69, 9.17) is 0 Å². The summed E-state index contributed by atoms with van der Waals surface area (Å²) in [6.45, 7) is 7.49. The van der Waals surface area contributed by atoms with Crippen LogP contribution in [0.15, 0.2) is 146 Å². The molecule has 8 aromatic carbocycles. The Morgan fingerprint density at radius 2 is 0.729 bits per heavy atom. The molecule has 0 aliphatic carbocycles. The van der Waals surface area contributed by atoms with Crippen LogP contribution in [0.5, 0.6) is 0 Å². The van der Waals surface area contributed by atoms with E-state index in [-0.39, 0.29) is 29.7 Å². The molecule has 48 heavy (non-hydrogen) atoms. The first-order valence-electron chi connectivity index (χ1n) is 15.3. The van der Waals surface area contributed by atoms with E-state index in [1.165, 1.54) is 99.8 Å². The van der Waals surface area contributed by atoms with Gasteiger partial charge in [0.1, 0.15) is 0 Å². The van der Waals surface area contributed by atoms with Gasteiger partial charge in [0.15, 0.2) is 0 Å². The summed E-state index contributed by atoms with van der Waals surface area (Å²) in [5.41, 5.74) is 8.15. The molecule has 0 atom stereocenters. The molecule has 0 aliphatic rings. The Morgan fingerprint density at radius 1 is 0.417 bits per heavy atom. The average molecular weight is 718 g/mol. The fraction of sp³-hybridized carbons (Fsp3) is 0.0870. The Balaban J connectivity index is 0.000000294. The third-order valence-electron chi connectivity index (χ3n) is 8.60. The van der Waals surface area contributed by atoms with Crippen molar-refractivity contribution in [2.24, 2.45) is 0 Å². The standard InChI is InChI=1S/2C21H17.4CH3.Si.Zr/c2*1-2-15-13-17-9-6-12-20(21(17)14-15)19-11-5-8-16-7-3-4-10-18(16)19;;;;;;/h2*3-14H,2H2,1H3;4*1H3;;/q6*-1;;. The summed E-state index contributed by atoms with van der Waals surface area (Å²) in [6.07, 6.45) is 2.17.